The maximum atomic E-state index is 8.90. The lowest BCUT2D eigenvalue weighted by atomic mass is 10.3. The molecule has 0 aliphatic carbocycles. The molecule has 0 atom stereocenters. The van der Waals surface area contributed by atoms with E-state index in [9.17, 15) is 0 Å². The Hall–Kier alpha value is -2.01. The van der Waals surface area contributed by atoms with Crippen molar-refractivity contribution in [2.75, 3.05) is 6.61 Å². The summed E-state index contributed by atoms with van der Waals surface area (Å²) in [5.74, 6) is 0.424. The summed E-state index contributed by atoms with van der Waals surface area (Å²) in [7, 11) is 0. The first-order valence-electron chi connectivity index (χ1n) is 5.33. The molecule has 0 unspecified atom stereocenters. The first-order chi connectivity index (χ1) is 8.38. The second-order valence-electron chi connectivity index (χ2n) is 3.43. The molecular weight excluding hydrogens is 218 g/mol. The smallest absolute Gasteiger partial charge is 0.232 e. The monoisotopic (exact) mass is 231 g/mol. The molecule has 0 radical (unpaired) electrons. The number of ether oxygens (including phenoxy) is 1. The third kappa shape index (κ3) is 3.49. The summed E-state index contributed by atoms with van der Waals surface area (Å²) in [5, 5.41) is 8.90. The van der Waals surface area contributed by atoms with Crippen LogP contribution in [0.5, 0.6) is 5.88 Å². The van der Waals surface area contributed by atoms with Crippen LogP contribution in [0.15, 0.2) is 36.8 Å². The Kier molecular flexibility index (Phi) is 3.99. The van der Waals surface area contributed by atoms with Crippen LogP contribution in [-0.2, 0) is 13.0 Å². The summed E-state index contributed by atoms with van der Waals surface area (Å²) < 4.78 is 5.43. The summed E-state index contributed by atoms with van der Waals surface area (Å²) in [6.45, 7) is 0.352. The molecule has 0 bridgehead atoms. The fraction of sp³-hybridized carbons (Fsp3) is 0.250. The van der Waals surface area contributed by atoms with Crippen LogP contribution in [0.2, 0.25) is 0 Å². The van der Waals surface area contributed by atoms with Crippen molar-refractivity contribution in [2.24, 2.45) is 0 Å². The lowest BCUT2D eigenvalue weighted by Gasteiger charge is -2.05. The van der Waals surface area contributed by atoms with Crippen LogP contribution in [0, 0.1) is 0 Å². The Morgan fingerprint density at radius 3 is 2.88 bits per heavy atom. The number of hydrogen-bond donors (Lipinski definition) is 1. The molecule has 2 aromatic rings. The Labute approximate surface area is 99.2 Å². The second-order valence-corrected chi connectivity index (χ2v) is 3.43. The van der Waals surface area contributed by atoms with Crippen molar-refractivity contribution in [3.8, 4) is 5.88 Å². The molecule has 88 valence electrons. The molecule has 2 heterocycles. The predicted octanol–water partition coefficient (Wildman–Crippen LogP) is 0.985. The van der Waals surface area contributed by atoms with Crippen molar-refractivity contribution in [2.45, 2.75) is 13.0 Å². The van der Waals surface area contributed by atoms with E-state index < -0.39 is 0 Å². The third-order valence-corrected chi connectivity index (χ3v) is 2.16. The molecule has 5 nitrogen and oxygen atoms in total. The average molecular weight is 231 g/mol. The standard InChI is InChI=1S/C12H13N3O2/c16-9-11-7-13-8-12(15-11)17-6-4-10-3-1-2-5-14-10/h1-3,5,7-8,16H,4,6,9H2. The van der Waals surface area contributed by atoms with Gasteiger partial charge in [0.15, 0.2) is 0 Å². The van der Waals surface area contributed by atoms with Crippen molar-refractivity contribution in [1.29, 1.82) is 0 Å². The molecule has 2 aromatic heterocycles. The minimum Gasteiger partial charge on any atom is -0.476 e. The van der Waals surface area contributed by atoms with Gasteiger partial charge in [0, 0.05) is 18.3 Å². The zero-order valence-corrected chi connectivity index (χ0v) is 9.28. The first kappa shape index (κ1) is 11.5. The molecule has 2 rings (SSSR count). The quantitative estimate of drug-likeness (QED) is 0.831. The van der Waals surface area contributed by atoms with Gasteiger partial charge >= 0.3 is 0 Å². The fourth-order valence-electron chi connectivity index (χ4n) is 1.34. The van der Waals surface area contributed by atoms with Gasteiger partial charge in [-0.25, -0.2) is 4.98 Å². The molecule has 0 aliphatic rings. The van der Waals surface area contributed by atoms with Crippen LogP contribution >= 0.6 is 0 Å². The maximum Gasteiger partial charge on any atom is 0.232 e. The van der Waals surface area contributed by atoms with Gasteiger partial charge in [-0.2, -0.15) is 0 Å². The molecule has 0 amide bonds. The summed E-state index contributed by atoms with van der Waals surface area (Å²) in [6.07, 6.45) is 5.50. The molecule has 0 aromatic carbocycles. The van der Waals surface area contributed by atoms with Crippen LogP contribution < -0.4 is 4.74 Å². The molecule has 17 heavy (non-hydrogen) atoms. The van der Waals surface area contributed by atoms with Gasteiger partial charge in [0.25, 0.3) is 0 Å². The van der Waals surface area contributed by atoms with Crippen LogP contribution in [0.1, 0.15) is 11.4 Å². The van der Waals surface area contributed by atoms with Crippen LogP contribution in [0.25, 0.3) is 0 Å². The minimum atomic E-state index is -0.134. The number of hydrogen-bond acceptors (Lipinski definition) is 5. The minimum absolute atomic E-state index is 0.134. The fourth-order valence-corrected chi connectivity index (χ4v) is 1.34. The van der Waals surface area contributed by atoms with E-state index in [1.54, 1.807) is 6.20 Å². The second kappa shape index (κ2) is 5.91. The van der Waals surface area contributed by atoms with Gasteiger partial charge in [-0.05, 0) is 12.1 Å². The molecular formula is C12H13N3O2. The number of nitrogens with zero attached hydrogens (tertiary/aromatic N) is 3. The average Bonchev–Trinajstić information content (AvgIpc) is 2.40. The van der Waals surface area contributed by atoms with E-state index in [0.29, 0.717) is 24.6 Å². The topological polar surface area (TPSA) is 68.1 Å². The summed E-state index contributed by atoms with van der Waals surface area (Å²) in [5.41, 5.74) is 1.47. The highest BCUT2D eigenvalue weighted by atomic mass is 16.5. The van der Waals surface area contributed by atoms with E-state index in [1.807, 2.05) is 18.2 Å². The molecule has 0 fully saturated rings. The Balaban J connectivity index is 1.86. The van der Waals surface area contributed by atoms with E-state index in [-0.39, 0.29) is 6.61 Å². The molecule has 0 saturated carbocycles. The Bertz CT molecular complexity index is 462. The zero-order valence-electron chi connectivity index (χ0n) is 9.28. The van der Waals surface area contributed by atoms with Gasteiger partial charge in [-0.15, -0.1) is 0 Å². The normalized spacial score (nSPS) is 10.2. The SMILES string of the molecule is OCc1cncc(OCCc2ccccn2)n1. The number of aliphatic hydroxyl groups is 1. The number of aliphatic hydroxyl groups excluding tert-OH is 1. The molecule has 0 spiro atoms. The van der Waals surface area contributed by atoms with Crippen molar-refractivity contribution in [1.82, 2.24) is 15.0 Å². The van der Waals surface area contributed by atoms with Crippen LogP contribution in [0.4, 0.5) is 0 Å². The number of aromatic nitrogens is 3. The van der Waals surface area contributed by atoms with E-state index >= 15 is 0 Å². The van der Waals surface area contributed by atoms with E-state index in [1.165, 1.54) is 12.4 Å². The summed E-state index contributed by atoms with van der Waals surface area (Å²) in [6, 6.07) is 5.76. The summed E-state index contributed by atoms with van der Waals surface area (Å²) >= 11 is 0. The molecule has 1 N–H and O–H groups in total. The molecule has 5 heteroatoms. The van der Waals surface area contributed by atoms with Gasteiger partial charge in [-0.3, -0.25) is 9.97 Å². The predicted molar refractivity (Wildman–Crippen MR) is 61.4 cm³/mol. The number of rotatable bonds is 5. The van der Waals surface area contributed by atoms with Crippen molar-refractivity contribution in [3.05, 3.63) is 48.2 Å². The maximum absolute atomic E-state index is 8.90. The molecule has 0 aliphatic heterocycles. The summed E-state index contributed by atoms with van der Waals surface area (Å²) in [4.78, 5) is 12.2. The first-order valence-corrected chi connectivity index (χ1v) is 5.33. The number of pyridine rings is 1. The van der Waals surface area contributed by atoms with Gasteiger partial charge in [0.1, 0.15) is 0 Å². The van der Waals surface area contributed by atoms with Gasteiger partial charge in [-0.1, -0.05) is 6.07 Å². The van der Waals surface area contributed by atoms with Gasteiger partial charge in [0.05, 0.1) is 31.3 Å². The largest absolute Gasteiger partial charge is 0.476 e. The van der Waals surface area contributed by atoms with Crippen molar-refractivity contribution >= 4 is 0 Å². The highest BCUT2D eigenvalue weighted by Gasteiger charge is 1.99. The van der Waals surface area contributed by atoms with Gasteiger partial charge < -0.3 is 9.84 Å². The van der Waals surface area contributed by atoms with E-state index in [2.05, 4.69) is 15.0 Å². The van der Waals surface area contributed by atoms with Crippen LogP contribution in [-0.4, -0.2) is 26.7 Å². The highest BCUT2D eigenvalue weighted by Crippen LogP contribution is 2.05. The highest BCUT2D eigenvalue weighted by molar-refractivity contribution is 5.08. The van der Waals surface area contributed by atoms with Crippen LogP contribution in [0.3, 0.4) is 0 Å². The molecule has 0 saturated heterocycles. The zero-order chi connectivity index (χ0) is 11.9. The lowest BCUT2D eigenvalue weighted by Crippen LogP contribution is -2.05. The Morgan fingerprint density at radius 2 is 2.12 bits per heavy atom. The van der Waals surface area contributed by atoms with Gasteiger partial charge in [0.2, 0.25) is 5.88 Å². The van der Waals surface area contributed by atoms with E-state index in [0.717, 1.165) is 5.69 Å². The van der Waals surface area contributed by atoms with E-state index in [4.69, 9.17) is 9.84 Å². The third-order valence-electron chi connectivity index (χ3n) is 2.16. The van der Waals surface area contributed by atoms with Crippen molar-refractivity contribution in [3.63, 3.8) is 0 Å². The van der Waals surface area contributed by atoms with Crippen molar-refractivity contribution < 1.29 is 9.84 Å². The lowest BCUT2D eigenvalue weighted by molar-refractivity contribution is 0.268. The Morgan fingerprint density at radius 1 is 1.18 bits per heavy atom.